The van der Waals surface area contributed by atoms with Crippen LogP contribution in [0.3, 0.4) is 0 Å². The number of nitrogens with zero attached hydrogens (tertiary/aromatic N) is 1. The largest absolute Gasteiger partial charge is 0.330 e. The maximum absolute atomic E-state index is 5.65. The van der Waals surface area contributed by atoms with Gasteiger partial charge in [0.2, 0.25) is 0 Å². The number of hydrogen-bond acceptors (Lipinski definition) is 3. The van der Waals surface area contributed by atoms with Crippen molar-refractivity contribution < 1.29 is 0 Å². The monoisotopic (exact) mass is 258 g/mol. The zero-order valence-electron chi connectivity index (χ0n) is 11.9. The van der Waals surface area contributed by atoms with Crippen molar-refractivity contribution in [3.8, 4) is 0 Å². The second-order valence-electron chi connectivity index (χ2n) is 6.01. The third kappa shape index (κ3) is 6.12. The molecule has 2 N–H and O–H groups in total. The van der Waals surface area contributed by atoms with Gasteiger partial charge in [-0.2, -0.15) is 11.8 Å². The van der Waals surface area contributed by atoms with E-state index in [4.69, 9.17) is 5.73 Å². The van der Waals surface area contributed by atoms with Gasteiger partial charge in [-0.25, -0.2) is 0 Å². The quantitative estimate of drug-likeness (QED) is 0.761. The summed E-state index contributed by atoms with van der Waals surface area (Å²) in [6.07, 6.45) is 5.11. The van der Waals surface area contributed by atoms with Gasteiger partial charge in [-0.1, -0.05) is 20.8 Å². The van der Waals surface area contributed by atoms with Crippen molar-refractivity contribution in [1.82, 2.24) is 4.90 Å². The lowest BCUT2D eigenvalue weighted by atomic mass is 9.84. The van der Waals surface area contributed by atoms with E-state index in [-0.39, 0.29) is 0 Å². The first-order chi connectivity index (χ1) is 8.07. The molecule has 3 heteroatoms. The molecule has 0 aromatic carbocycles. The highest BCUT2D eigenvalue weighted by atomic mass is 32.2. The highest BCUT2D eigenvalue weighted by molar-refractivity contribution is 8.00. The summed E-state index contributed by atoms with van der Waals surface area (Å²) in [4.78, 5) is 2.66. The van der Waals surface area contributed by atoms with Crippen molar-refractivity contribution in [2.24, 2.45) is 11.1 Å². The van der Waals surface area contributed by atoms with Crippen molar-refractivity contribution in [3.05, 3.63) is 0 Å². The first-order valence-corrected chi connectivity index (χ1v) is 8.16. The van der Waals surface area contributed by atoms with Crippen LogP contribution >= 0.6 is 11.8 Å². The molecular formula is C14H30N2S. The van der Waals surface area contributed by atoms with Gasteiger partial charge in [-0.3, -0.25) is 0 Å². The minimum absolute atomic E-state index is 0.434. The molecule has 1 fully saturated rings. The summed E-state index contributed by atoms with van der Waals surface area (Å²) in [5.41, 5.74) is 6.09. The third-order valence-corrected chi connectivity index (χ3v) is 5.20. The fourth-order valence-corrected chi connectivity index (χ4v) is 3.78. The Kier molecular flexibility index (Phi) is 6.90. The molecule has 1 saturated heterocycles. The molecule has 0 bridgehead atoms. The maximum Gasteiger partial charge on any atom is 0.0172 e. The van der Waals surface area contributed by atoms with Crippen molar-refractivity contribution in [2.45, 2.75) is 51.7 Å². The second-order valence-corrected chi connectivity index (χ2v) is 7.42. The molecule has 17 heavy (non-hydrogen) atoms. The van der Waals surface area contributed by atoms with E-state index in [1.165, 1.54) is 44.6 Å². The number of rotatable bonds is 7. The molecule has 0 amide bonds. The van der Waals surface area contributed by atoms with Crippen LogP contribution < -0.4 is 5.73 Å². The van der Waals surface area contributed by atoms with Crippen LogP contribution in [0.15, 0.2) is 0 Å². The molecule has 1 aliphatic rings. The summed E-state index contributed by atoms with van der Waals surface area (Å²) in [6.45, 7) is 11.7. The zero-order valence-corrected chi connectivity index (χ0v) is 12.7. The lowest BCUT2D eigenvalue weighted by molar-refractivity contribution is 0.239. The molecule has 1 unspecified atom stereocenters. The Labute approximate surface area is 112 Å². The van der Waals surface area contributed by atoms with Crippen LogP contribution in [0.1, 0.15) is 46.5 Å². The molecule has 1 heterocycles. The number of nitrogens with two attached hydrogens (primary N) is 1. The van der Waals surface area contributed by atoms with Gasteiger partial charge < -0.3 is 10.6 Å². The van der Waals surface area contributed by atoms with E-state index >= 15 is 0 Å². The molecule has 0 spiro atoms. The highest BCUT2D eigenvalue weighted by Gasteiger charge is 2.20. The molecule has 0 aromatic rings. The number of hydrogen-bond donors (Lipinski definition) is 1. The Morgan fingerprint density at radius 1 is 1.35 bits per heavy atom. The Morgan fingerprint density at radius 2 is 2.12 bits per heavy atom. The van der Waals surface area contributed by atoms with Gasteiger partial charge in [0, 0.05) is 24.1 Å². The van der Waals surface area contributed by atoms with Crippen LogP contribution in [0.2, 0.25) is 0 Å². The van der Waals surface area contributed by atoms with Crippen LogP contribution in [0.25, 0.3) is 0 Å². The van der Waals surface area contributed by atoms with Gasteiger partial charge >= 0.3 is 0 Å². The predicted molar refractivity (Wildman–Crippen MR) is 79.7 cm³/mol. The molecule has 2 nitrogen and oxygen atoms in total. The summed E-state index contributed by atoms with van der Waals surface area (Å²) in [7, 11) is 0. The summed E-state index contributed by atoms with van der Waals surface area (Å²) < 4.78 is 0. The van der Waals surface area contributed by atoms with E-state index in [1.807, 2.05) is 0 Å². The molecule has 102 valence electrons. The lowest BCUT2D eigenvalue weighted by Gasteiger charge is -2.33. The minimum Gasteiger partial charge on any atom is -0.330 e. The minimum atomic E-state index is 0.434. The smallest absolute Gasteiger partial charge is 0.0172 e. The molecule has 1 atom stereocenters. The van der Waals surface area contributed by atoms with E-state index in [1.54, 1.807) is 0 Å². The van der Waals surface area contributed by atoms with Crippen molar-refractivity contribution >= 4 is 11.8 Å². The van der Waals surface area contributed by atoms with Crippen molar-refractivity contribution in [1.29, 1.82) is 0 Å². The van der Waals surface area contributed by atoms with E-state index in [2.05, 4.69) is 37.4 Å². The van der Waals surface area contributed by atoms with Gasteiger partial charge in [0.25, 0.3) is 0 Å². The Bertz CT molecular complexity index is 206. The van der Waals surface area contributed by atoms with E-state index in [0.717, 1.165) is 18.2 Å². The molecule has 1 rings (SSSR count). The highest BCUT2D eigenvalue weighted by Crippen LogP contribution is 2.27. The number of thioether (sulfide) groups is 1. The predicted octanol–water partition coefficient (Wildman–Crippen LogP) is 2.97. The fourth-order valence-electron chi connectivity index (χ4n) is 2.53. The first-order valence-electron chi connectivity index (χ1n) is 7.11. The molecule has 0 saturated carbocycles. The van der Waals surface area contributed by atoms with E-state index in [0.29, 0.717) is 5.41 Å². The summed E-state index contributed by atoms with van der Waals surface area (Å²) in [5.74, 6) is 1.32. The average Bonchev–Trinajstić information content (AvgIpc) is 2.29. The Hall–Kier alpha value is 0.270. The molecule has 0 radical (unpaired) electrons. The van der Waals surface area contributed by atoms with Crippen LogP contribution in [0, 0.1) is 5.41 Å². The van der Waals surface area contributed by atoms with Gasteiger partial charge in [-0.05, 0) is 44.2 Å². The van der Waals surface area contributed by atoms with Gasteiger partial charge in [0.1, 0.15) is 0 Å². The third-order valence-electron chi connectivity index (χ3n) is 3.83. The standard InChI is InChI=1S/C14H30N2S/c1-4-13-12-16(10-11-17-13)9-5-6-14(2,3)7-8-15/h13H,4-12,15H2,1-3H3. The Morgan fingerprint density at radius 3 is 2.76 bits per heavy atom. The van der Waals surface area contributed by atoms with Crippen molar-refractivity contribution in [2.75, 3.05) is 31.9 Å². The van der Waals surface area contributed by atoms with Gasteiger partial charge in [0.15, 0.2) is 0 Å². The maximum atomic E-state index is 5.65. The van der Waals surface area contributed by atoms with Crippen LogP contribution in [-0.2, 0) is 0 Å². The molecule has 1 aliphatic heterocycles. The average molecular weight is 258 g/mol. The van der Waals surface area contributed by atoms with E-state index < -0.39 is 0 Å². The summed E-state index contributed by atoms with van der Waals surface area (Å²) in [6, 6.07) is 0. The molecule has 0 aliphatic carbocycles. The zero-order chi connectivity index (χ0) is 12.7. The molecular weight excluding hydrogens is 228 g/mol. The van der Waals surface area contributed by atoms with Crippen LogP contribution in [0.5, 0.6) is 0 Å². The topological polar surface area (TPSA) is 29.3 Å². The first kappa shape index (κ1) is 15.3. The Balaban J connectivity index is 2.17. The fraction of sp³-hybridized carbons (Fsp3) is 1.00. The normalized spacial score (nSPS) is 22.9. The van der Waals surface area contributed by atoms with Crippen LogP contribution in [0.4, 0.5) is 0 Å². The second kappa shape index (κ2) is 7.65. The SMILES string of the molecule is CCC1CN(CCCC(C)(C)CCN)CCS1. The lowest BCUT2D eigenvalue weighted by Crippen LogP contribution is -2.38. The van der Waals surface area contributed by atoms with Crippen molar-refractivity contribution in [3.63, 3.8) is 0 Å². The van der Waals surface area contributed by atoms with E-state index in [9.17, 15) is 0 Å². The summed E-state index contributed by atoms with van der Waals surface area (Å²) >= 11 is 2.16. The van der Waals surface area contributed by atoms with Gasteiger partial charge in [-0.15, -0.1) is 0 Å². The van der Waals surface area contributed by atoms with Gasteiger partial charge in [0.05, 0.1) is 0 Å². The summed E-state index contributed by atoms with van der Waals surface area (Å²) in [5, 5.41) is 0.876. The molecule has 0 aromatic heterocycles. The van der Waals surface area contributed by atoms with Crippen LogP contribution in [-0.4, -0.2) is 42.1 Å².